The lowest BCUT2D eigenvalue weighted by Crippen LogP contribution is -2.22. The molecule has 0 unspecified atom stereocenters. The molecule has 0 saturated heterocycles. The molecule has 0 radical (unpaired) electrons. The number of guanidine groups is 1. The van der Waals surface area contributed by atoms with Crippen molar-refractivity contribution in [2.45, 2.75) is 12.8 Å². The van der Waals surface area contributed by atoms with Crippen LogP contribution in [0.2, 0.25) is 0 Å². The zero-order valence-electron chi connectivity index (χ0n) is 13.5. The first-order valence-corrected chi connectivity index (χ1v) is 8.62. The molecule has 3 N–H and O–H groups in total. The number of fused-ring (bicyclic) bond motifs is 1. The first kappa shape index (κ1) is 16.3. The minimum absolute atomic E-state index is 0.421. The van der Waals surface area contributed by atoms with Crippen molar-refractivity contribution in [3.63, 3.8) is 0 Å². The summed E-state index contributed by atoms with van der Waals surface area (Å²) in [5.74, 6) is 1.23. The van der Waals surface area contributed by atoms with Gasteiger partial charge in [-0.2, -0.15) is 0 Å². The van der Waals surface area contributed by atoms with Gasteiger partial charge in [-0.3, -0.25) is 4.99 Å². The first-order chi connectivity index (χ1) is 11.7. The molecule has 0 saturated carbocycles. The van der Waals surface area contributed by atoms with Crippen LogP contribution in [0.25, 0.3) is 10.2 Å². The van der Waals surface area contributed by atoms with E-state index in [0.29, 0.717) is 12.5 Å². The molecule has 5 nitrogen and oxygen atoms in total. The number of ether oxygens (including phenoxy) is 1. The molecule has 0 bridgehead atoms. The van der Waals surface area contributed by atoms with Gasteiger partial charge in [0.1, 0.15) is 5.75 Å². The average Bonchev–Trinajstić information content (AvgIpc) is 3.02. The van der Waals surface area contributed by atoms with E-state index < -0.39 is 0 Å². The second kappa shape index (κ2) is 7.79. The maximum atomic E-state index is 5.91. The number of aliphatic imine (C=N–C) groups is 1. The van der Waals surface area contributed by atoms with Crippen LogP contribution in [-0.2, 0) is 6.42 Å². The lowest BCUT2D eigenvalue weighted by atomic mass is 10.3. The molecule has 0 amide bonds. The van der Waals surface area contributed by atoms with Crippen LogP contribution in [0.5, 0.6) is 5.75 Å². The lowest BCUT2D eigenvalue weighted by Gasteiger charge is -2.06. The van der Waals surface area contributed by atoms with Crippen molar-refractivity contribution in [2.24, 2.45) is 10.7 Å². The Labute approximate surface area is 145 Å². The van der Waals surface area contributed by atoms with Crippen molar-refractivity contribution >= 4 is 33.2 Å². The fraction of sp³-hybridized carbons (Fsp3) is 0.222. The molecular weight excluding hydrogens is 320 g/mol. The number of rotatable bonds is 6. The van der Waals surface area contributed by atoms with Crippen molar-refractivity contribution < 1.29 is 4.74 Å². The van der Waals surface area contributed by atoms with Gasteiger partial charge in [0.05, 0.1) is 22.3 Å². The van der Waals surface area contributed by atoms with E-state index in [1.807, 2.05) is 42.5 Å². The molecule has 2 aromatic carbocycles. The van der Waals surface area contributed by atoms with Crippen LogP contribution < -0.4 is 15.8 Å². The van der Waals surface area contributed by atoms with Crippen LogP contribution in [0.15, 0.2) is 53.5 Å². The zero-order valence-corrected chi connectivity index (χ0v) is 14.3. The first-order valence-electron chi connectivity index (χ1n) is 7.80. The normalized spacial score (nSPS) is 11.6. The van der Waals surface area contributed by atoms with Gasteiger partial charge in [0, 0.05) is 18.7 Å². The Hall–Kier alpha value is -2.60. The second-order valence-electron chi connectivity index (χ2n) is 5.30. The van der Waals surface area contributed by atoms with Crippen molar-refractivity contribution in [1.29, 1.82) is 0 Å². The molecule has 0 atom stereocenters. The average molecular weight is 340 g/mol. The highest BCUT2D eigenvalue weighted by atomic mass is 32.1. The fourth-order valence-corrected chi connectivity index (χ4v) is 3.33. The summed E-state index contributed by atoms with van der Waals surface area (Å²) < 4.78 is 6.36. The number of hydrogen-bond acceptors (Lipinski definition) is 4. The third kappa shape index (κ3) is 4.23. The fourth-order valence-electron chi connectivity index (χ4n) is 2.32. The molecule has 124 valence electrons. The molecule has 1 heterocycles. The van der Waals surface area contributed by atoms with Crippen LogP contribution in [0.4, 0.5) is 5.69 Å². The summed E-state index contributed by atoms with van der Waals surface area (Å²) in [6.07, 6.45) is 1.84. The minimum atomic E-state index is 0.421. The van der Waals surface area contributed by atoms with Gasteiger partial charge >= 0.3 is 0 Å². The number of aryl methyl sites for hydroxylation is 1. The quantitative estimate of drug-likeness (QED) is 0.408. The third-order valence-corrected chi connectivity index (χ3v) is 4.63. The zero-order chi connectivity index (χ0) is 16.8. The maximum Gasteiger partial charge on any atom is 0.193 e. The van der Waals surface area contributed by atoms with E-state index in [-0.39, 0.29) is 0 Å². The second-order valence-corrected chi connectivity index (χ2v) is 6.41. The maximum absolute atomic E-state index is 5.91. The van der Waals surface area contributed by atoms with E-state index >= 15 is 0 Å². The van der Waals surface area contributed by atoms with Gasteiger partial charge in [-0.05, 0) is 42.8 Å². The van der Waals surface area contributed by atoms with Gasteiger partial charge in [0.2, 0.25) is 0 Å². The monoisotopic (exact) mass is 340 g/mol. The molecule has 1 aromatic heterocycles. The van der Waals surface area contributed by atoms with Crippen molar-refractivity contribution in [2.75, 3.05) is 19.0 Å². The van der Waals surface area contributed by atoms with Crippen molar-refractivity contribution in [3.05, 3.63) is 53.5 Å². The Morgan fingerprint density at radius 2 is 2.00 bits per heavy atom. The number of aromatic nitrogens is 1. The van der Waals surface area contributed by atoms with E-state index in [2.05, 4.69) is 21.4 Å². The highest BCUT2D eigenvalue weighted by Gasteiger charge is 2.02. The number of anilines is 1. The summed E-state index contributed by atoms with van der Waals surface area (Å²) in [5.41, 5.74) is 7.87. The number of para-hydroxylation sites is 1. The van der Waals surface area contributed by atoms with Crippen LogP contribution >= 0.6 is 11.3 Å². The van der Waals surface area contributed by atoms with Crippen LogP contribution in [-0.4, -0.2) is 24.6 Å². The van der Waals surface area contributed by atoms with Crippen molar-refractivity contribution in [3.8, 4) is 5.75 Å². The Balaban J connectivity index is 1.48. The highest BCUT2D eigenvalue weighted by Crippen LogP contribution is 2.22. The number of hydrogen-bond donors (Lipinski definition) is 2. The third-order valence-electron chi connectivity index (χ3n) is 3.53. The number of nitrogens with one attached hydrogen (secondary N) is 1. The smallest absolute Gasteiger partial charge is 0.193 e. The van der Waals surface area contributed by atoms with Crippen LogP contribution in [0, 0.1) is 0 Å². The molecule has 3 rings (SSSR count). The summed E-state index contributed by atoms with van der Waals surface area (Å²) in [4.78, 5) is 8.98. The van der Waals surface area contributed by atoms with Gasteiger partial charge in [-0.1, -0.05) is 12.1 Å². The molecule has 0 aliphatic heterocycles. The van der Waals surface area contributed by atoms with Gasteiger partial charge in [0.15, 0.2) is 5.96 Å². The summed E-state index contributed by atoms with van der Waals surface area (Å²) in [6, 6.07) is 15.8. The molecule has 6 heteroatoms. The number of thiazole rings is 1. The summed E-state index contributed by atoms with van der Waals surface area (Å²) in [5, 5.41) is 4.22. The standard InChI is InChI=1S/C18H20N4OS/c1-23-14-10-8-13(9-11-14)21-18(19)20-12-4-7-17-22-15-5-2-3-6-16(15)24-17/h2-3,5-6,8-11H,4,7,12H2,1H3,(H3,19,20,21). The summed E-state index contributed by atoms with van der Waals surface area (Å²) in [7, 11) is 1.64. The number of nitrogens with zero attached hydrogens (tertiary/aromatic N) is 2. The Morgan fingerprint density at radius 3 is 2.75 bits per heavy atom. The molecular formula is C18H20N4OS. The van der Waals surface area contributed by atoms with E-state index in [4.69, 9.17) is 10.5 Å². The van der Waals surface area contributed by atoms with E-state index in [0.717, 1.165) is 34.8 Å². The highest BCUT2D eigenvalue weighted by molar-refractivity contribution is 7.18. The molecule has 0 aliphatic carbocycles. The van der Waals surface area contributed by atoms with Gasteiger partial charge in [-0.15, -0.1) is 11.3 Å². The Bertz CT molecular complexity index is 793. The van der Waals surface area contributed by atoms with Crippen molar-refractivity contribution in [1.82, 2.24) is 4.98 Å². The largest absolute Gasteiger partial charge is 0.497 e. The predicted molar refractivity (Wildman–Crippen MR) is 101 cm³/mol. The molecule has 0 aliphatic rings. The van der Waals surface area contributed by atoms with Crippen LogP contribution in [0.3, 0.4) is 0 Å². The number of nitrogens with two attached hydrogens (primary N) is 1. The summed E-state index contributed by atoms with van der Waals surface area (Å²) >= 11 is 1.74. The topological polar surface area (TPSA) is 72.5 Å². The van der Waals surface area contributed by atoms with E-state index in [1.165, 1.54) is 4.70 Å². The summed E-state index contributed by atoms with van der Waals surface area (Å²) in [6.45, 7) is 0.672. The van der Waals surface area contributed by atoms with Gasteiger partial charge in [-0.25, -0.2) is 4.98 Å². The molecule has 3 aromatic rings. The molecule has 0 fully saturated rings. The number of methoxy groups -OCH3 is 1. The predicted octanol–water partition coefficient (Wildman–Crippen LogP) is 3.66. The van der Waals surface area contributed by atoms with Crippen LogP contribution in [0.1, 0.15) is 11.4 Å². The molecule has 0 spiro atoms. The molecule has 24 heavy (non-hydrogen) atoms. The SMILES string of the molecule is COc1ccc(NC(N)=NCCCc2nc3ccccc3s2)cc1. The van der Waals surface area contributed by atoms with Gasteiger partial charge in [0.25, 0.3) is 0 Å². The van der Waals surface area contributed by atoms with E-state index in [1.54, 1.807) is 18.4 Å². The minimum Gasteiger partial charge on any atom is -0.497 e. The number of benzene rings is 2. The van der Waals surface area contributed by atoms with Gasteiger partial charge < -0.3 is 15.8 Å². The van der Waals surface area contributed by atoms with E-state index in [9.17, 15) is 0 Å². The lowest BCUT2D eigenvalue weighted by molar-refractivity contribution is 0.415. The Kier molecular flexibility index (Phi) is 5.28. The Morgan fingerprint density at radius 1 is 1.21 bits per heavy atom.